The van der Waals surface area contributed by atoms with E-state index in [1.54, 1.807) is 26.8 Å². The second kappa shape index (κ2) is 5.79. The van der Waals surface area contributed by atoms with Crippen LogP contribution in [0.1, 0.15) is 38.9 Å². The van der Waals surface area contributed by atoms with E-state index in [-0.39, 0.29) is 11.3 Å². The Kier molecular flexibility index (Phi) is 4.87. The lowest BCUT2D eigenvalue weighted by molar-refractivity contribution is -0.290. The van der Waals surface area contributed by atoms with Crippen LogP contribution in [0, 0.1) is 0 Å². The van der Waals surface area contributed by atoms with Crippen molar-refractivity contribution in [3.63, 3.8) is 0 Å². The van der Waals surface area contributed by atoms with Crippen LogP contribution in [0.3, 0.4) is 0 Å². The van der Waals surface area contributed by atoms with E-state index in [1.807, 2.05) is 0 Å². The Morgan fingerprint density at radius 1 is 1.05 bits per heavy atom. The van der Waals surface area contributed by atoms with Crippen molar-refractivity contribution < 1.29 is 31.8 Å². The number of aliphatic hydroxyl groups is 1. The Morgan fingerprint density at radius 3 is 2.05 bits per heavy atom. The van der Waals surface area contributed by atoms with E-state index in [2.05, 4.69) is 0 Å². The zero-order valence-corrected chi connectivity index (χ0v) is 11.8. The van der Waals surface area contributed by atoms with Crippen molar-refractivity contribution in [3.8, 4) is 5.75 Å². The lowest BCUT2D eigenvalue weighted by atomic mass is 10.0. The van der Waals surface area contributed by atoms with Gasteiger partial charge >= 0.3 is 12.1 Å². The van der Waals surface area contributed by atoms with Crippen LogP contribution >= 0.6 is 0 Å². The maximum Gasteiger partial charge on any atom is 0.453 e. The number of benzene rings is 1. The molecule has 0 amide bonds. The van der Waals surface area contributed by atoms with Gasteiger partial charge in [0, 0.05) is 5.56 Å². The highest BCUT2D eigenvalue weighted by Crippen LogP contribution is 2.43. The molecular formula is C14H17F5O2. The maximum absolute atomic E-state index is 13.0. The summed E-state index contributed by atoms with van der Waals surface area (Å²) in [6, 6.07) is 5.65. The summed E-state index contributed by atoms with van der Waals surface area (Å²) >= 11 is 0. The van der Waals surface area contributed by atoms with Crippen LogP contribution in [-0.2, 0) is 0 Å². The van der Waals surface area contributed by atoms with Gasteiger partial charge in [-0.05, 0) is 26.8 Å². The number of ether oxygens (including phenoxy) is 1. The second-order valence-corrected chi connectivity index (χ2v) is 5.67. The van der Waals surface area contributed by atoms with Crippen molar-refractivity contribution >= 4 is 0 Å². The van der Waals surface area contributed by atoms with E-state index in [0.29, 0.717) is 0 Å². The van der Waals surface area contributed by atoms with Gasteiger partial charge in [0.05, 0.1) is 12.5 Å². The average molecular weight is 312 g/mol. The third-order valence-corrected chi connectivity index (χ3v) is 2.56. The second-order valence-electron chi connectivity index (χ2n) is 5.67. The molecule has 0 bridgehead atoms. The minimum absolute atomic E-state index is 0.0791. The Labute approximate surface area is 119 Å². The number of para-hydroxylation sites is 1. The van der Waals surface area contributed by atoms with E-state index in [0.717, 1.165) is 0 Å². The first-order chi connectivity index (χ1) is 9.33. The quantitative estimate of drug-likeness (QED) is 0.830. The highest BCUT2D eigenvalue weighted by atomic mass is 19.4. The molecule has 21 heavy (non-hydrogen) atoms. The van der Waals surface area contributed by atoms with E-state index < -0.39 is 30.2 Å². The van der Waals surface area contributed by atoms with Gasteiger partial charge in [-0.3, -0.25) is 0 Å². The van der Waals surface area contributed by atoms with Crippen molar-refractivity contribution in [1.82, 2.24) is 0 Å². The summed E-state index contributed by atoms with van der Waals surface area (Å²) in [5.74, 6) is -4.89. The van der Waals surface area contributed by atoms with Gasteiger partial charge in [0.2, 0.25) is 0 Å². The highest BCUT2D eigenvalue weighted by molar-refractivity contribution is 5.35. The Morgan fingerprint density at radius 2 is 1.57 bits per heavy atom. The predicted molar refractivity (Wildman–Crippen MR) is 67.4 cm³/mol. The number of rotatable bonds is 4. The molecule has 0 heterocycles. The molecule has 1 rings (SSSR count). The van der Waals surface area contributed by atoms with Gasteiger partial charge in [-0.2, -0.15) is 22.0 Å². The lowest BCUT2D eigenvalue weighted by Gasteiger charge is -2.26. The van der Waals surface area contributed by atoms with Crippen molar-refractivity contribution in [2.75, 3.05) is 0 Å². The summed E-state index contributed by atoms with van der Waals surface area (Å²) in [4.78, 5) is 0. The van der Waals surface area contributed by atoms with Crippen molar-refractivity contribution in [3.05, 3.63) is 29.8 Å². The number of hydrogen-bond donors (Lipinski definition) is 1. The molecular weight excluding hydrogens is 295 g/mol. The number of alkyl halides is 5. The van der Waals surface area contributed by atoms with Crippen molar-refractivity contribution in [2.45, 2.75) is 51.0 Å². The molecule has 0 radical (unpaired) electrons. The summed E-state index contributed by atoms with van der Waals surface area (Å²) in [6.45, 7) is 5.08. The van der Waals surface area contributed by atoms with Crippen molar-refractivity contribution in [1.29, 1.82) is 0 Å². The molecule has 1 aromatic rings. The molecule has 7 heteroatoms. The van der Waals surface area contributed by atoms with Gasteiger partial charge in [-0.1, -0.05) is 18.2 Å². The van der Waals surface area contributed by atoms with E-state index in [9.17, 15) is 27.1 Å². The van der Waals surface area contributed by atoms with Crippen LogP contribution < -0.4 is 4.74 Å². The Bertz CT molecular complexity index is 477. The molecule has 1 N–H and O–H groups in total. The number of hydrogen-bond acceptors (Lipinski definition) is 2. The minimum Gasteiger partial charge on any atom is -0.488 e. The third kappa shape index (κ3) is 4.84. The van der Waals surface area contributed by atoms with Crippen LogP contribution in [0.4, 0.5) is 22.0 Å². The molecule has 0 fully saturated rings. The molecule has 0 saturated carbocycles. The molecule has 0 aliphatic carbocycles. The standard InChI is InChI=1S/C14H17F5O2/c1-12(2,3)21-11-7-5-4-6-9(11)10(20)8-13(15,16)14(17,18)19/h4-7,10,20H,8H2,1-3H3. The first-order valence-electron chi connectivity index (χ1n) is 6.24. The SMILES string of the molecule is CC(C)(C)Oc1ccccc1C(O)CC(F)(F)C(F)(F)F. The lowest BCUT2D eigenvalue weighted by Crippen LogP contribution is -2.38. The van der Waals surface area contributed by atoms with E-state index in [1.165, 1.54) is 18.2 Å². The fraction of sp³-hybridized carbons (Fsp3) is 0.571. The summed E-state index contributed by atoms with van der Waals surface area (Å²) in [7, 11) is 0. The predicted octanol–water partition coefficient (Wildman–Crippen LogP) is 4.49. The van der Waals surface area contributed by atoms with Gasteiger partial charge in [0.15, 0.2) is 0 Å². The highest BCUT2D eigenvalue weighted by Gasteiger charge is 2.58. The Hall–Kier alpha value is -1.37. The fourth-order valence-electron chi connectivity index (χ4n) is 1.65. The largest absolute Gasteiger partial charge is 0.488 e. The normalized spacial score (nSPS) is 14.9. The number of halogens is 5. The maximum atomic E-state index is 13.0. The monoisotopic (exact) mass is 312 g/mol. The molecule has 0 aromatic heterocycles. The third-order valence-electron chi connectivity index (χ3n) is 2.56. The molecule has 0 aliphatic rings. The zero-order chi connectivity index (χ0) is 16.5. The van der Waals surface area contributed by atoms with Gasteiger partial charge in [-0.25, -0.2) is 0 Å². The minimum atomic E-state index is -5.70. The van der Waals surface area contributed by atoms with Gasteiger partial charge in [-0.15, -0.1) is 0 Å². The smallest absolute Gasteiger partial charge is 0.453 e. The Balaban J connectivity index is 3.01. The molecule has 2 nitrogen and oxygen atoms in total. The first kappa shape index (κ1) is 17.7. The topological polar surface area (TPSA) is 29.5 Å². The average Bonchev–Trinajstić information content (AvgIpc) is 2.25. The van der Waals surface area contributed by atoms with Crippen LogP contribution in [0.2, 0.25) is 0 Å². The molecule has 1 atom stereocenters. The summed E-state index contributed by atoms with van der Waals surface area (Å²) in [6.07, 6.45) is -9.44. The summed E-state index contributed by atoms with van der Waals surface area (Å²) in [5, 5.41) is 9.74. The molecule has 1 unspecified atom stereocenters. The molecule has 120 valence electrons. The van der Waals surface area contributed by atoms with Gasteiger partial charge < -0.3 is 9.84 Å². The van der Waals surface area contributed by atoms with E-state index in [4.69, 9.17) is 4.74 Å². The van der Waals surface area contributed by atoms with Gasteiger partial charge in [0.1, 0.15) is 11.4 Å². The van der Waals surface area contributed by atoms with Crippen molar-refractivity contribution in [2.24, 2.45) is 0 Å². The number of aliphatic hydroxyl groups excluding tert-OH is 1. The zero-order valence-electron chi connectivity index (χ0n) is 11.8. The molecule has 0 aliphatic heterocycles. The first-order valence-corrected chi connectivity index (χ1v) is 6.24. The molecule has 0 spiro atoms. The molecule has 1 aromatic carbocycles. The summed E-state index contributed by atoms with van der Waals surface area (Å²) < 4.78 is 68.1. The van der Waals surface area contributed by atoms with Gasteiger partial charge in [0.25, 0.3) is 0 Å². The van der Waals surface area contributed by atoms with E-state index >= 15 is 0 Å². The van der Waals surface area contributed by atoms with Crippen LogP contribution in [0.25, 0.3) is 0 Å². The van der Waals surface area contributed by atoms with Crippen LogP contribution in [0.5, 0.6) is 5.75 Å². The fourth-order valence-corrected chi connectivity index (χ4v) is 1.65. The summed E-state index contributed by atoms with van der Waals surface area (Å²) in [5.41, 5.74) is -0.779. The molecule has 0 saturated heterocycles. The van der Waals surface area contributed by atoms with Crippen LogP contribution in [-0.4, -0.2) is 22.8 Å². The van der Waals surface area contributed by atoms with Crippen LogP contribution in [0.15, 0.2) is 24.3 Å².